The lowest BCUT2D eigenvalue weighted by molar-refractivity contribution is -0.138. The van der Waals surface area contributed by atoms with Gasteiger partial charge in [0.1, 0.15) is 11.1 Å². The molecule has 0 radical (unpaired) electrons. The Morgan fingerprint density at radius 2 is 1.92 bits per heavy atom. The summed E-state index contributed by atoms with van der Waals surface area (Å²) in [6.07, 6.45) is -4.65. The largest absolute Gasteiger partial charge is 0.417 e. The third kappa shape index (κ3) is 5.23. The van der Waals surface area contributed by atoms with Crippen molar-refractivity contribution in [2.75, 3.05) is 5.75 Å². The molecule has 0 spiro atoms. The smallest absolute Gasteiger partial charge is 0.351 e. The topological polar surface area (TPSA) is 65.8 Å². The van der Waals surface area contributed by atoms with Gasteiger partial charge in [0.05, 0.1) is 16.9 Å². The van der Waals surface area contributed by atoms with Gasteiger partial charge in [-0.1, -0.05) is 41.6 Å². The van der Waals surface area contributed by atoms with Gasteiger partial charge in [-0.25, -0.2) is 4.98 Å². The van der Waals surface area contributed by atoms with E-state index in [9.17, 15) is 18.0 Å². The molecule has 0 bridgehead atoms. The number of aromatic nitrogens is 1. The fraction of sp³-hybridized carbons (Fsp3) is 0.278. The Hall–Kier alpha value is -2.53. The van der Waals surface area contributed by atoms with Crippen LogP contribution in [-0.4, -0.2) is 16.6 Å². The van der Waals surface area contributed by atoms with Gasteiger partial charge in [-0.15, -0.1) is 0 Å². The van der Waals surface area contributed by atoms with E-state index in [0.29, 0.717) is 6.54 Å². The first-order valence-corrected chi connectivity index (χ1v) is 8.63. The van der Waals surface area contributed by atoms with E-state index in [4.69, 9.17) is 5.26 Å². The van der Waals surface area contributed by atoms with Crippen molar-refractivity contribution in [3.05, 3.63) is 58.3 Å². The summed E-state index contributed by atoms with van der Waals surface area (Å²) in [6, 6.07) is 9.99. The van der Waals surface area contributed by atoms with E-state index in [0.717, 1.165) is 29.0 Å². The molecule has 2 rings (SSSR count). The van der Waals surface area contributed by atoms with Crippen molar-refractivity contribution in [2.45, 2.75) is 31.6 Å². The van der Waals surface area contributed by atoms with Crippen molar-refractivity contribution in [3.63, 3.8) is 0 Å². The number of carbonyl (C=O) groups excluding carboxylic acids is 1. The summed E-state index contributed by atoms with van der Waals surface area (Å²) in [4.78, 5) is 15.9. The molecule has 1 aromatic carbocycles. The normalized spacial score (nSPS) is 11.1. The molecule has 1 amide bonds. The van der Waals surface area contributed by atoms with Crippen LogP contribution in [0, 0.1) is 25.2 Å². The fourth-order valence-electron chi connectivity index (χ4n) is 2.17. The molecule has 0 saturated carbocycles. The Bertz CT molecular complexity index is 842. The number of nitrogens with zero attached hydrogens (tertiary/aromatic N) is 2. The zero-order chi connectivity index (χ0) is 19.3. The number of nitriles is 1. The van der Waals surface area contributed by atoms with Crippen LogP contribution in [0.25, 0.3) is 0 Å². The summed E-state index contributed by atoms with van der Waals surface area (Å²) in [5, 5.41) is 11.7. The second-order valence-corrected chi connectivity index (χ2v) is 6.62. The number of carbonyl (C=O) groups is 1. The Kier molecular flexibility index (Phi) is 6.27. The zero-order valence-electron chi connectivity index (χ0n) is 14.1. The average Bonchev–Trinajstić information content (AvgIpc) is 2.58. The third-order valence-electron chi connectivity index (χ3n) is 3.48. The highest BCUT2D eigenvalue weighted by molar-refractivity contribution is 8.00. The zero-order valence-corrected chi connectivity index (χ0v) is 15.0. The van der Waals surface area contributed by atoms with Gasteiger partial charge in [0.2, 0.25) is 5.91 Å². The number of benzene rings is 1. The first-order chi connectivity index (χ1) is 12.2. The molecule has 0 aliphatic heterocycles. The molecule has 2 aromatic rings. The Balaban J connectivity index is 2.04. The molecule has 1 N–H and O–H groups in total. The lowest BCUT2D eigenvalue weighted by Crippen LogP contribution is -2.24. The van der Waals surface area contributed by atoms with Gasteiger partial charge in [-0.3, -0.25) is 4.79 Å². The molecule has 1 heterocycles. The van der Waals surface area contributed by atoms with Crippen molar-refractivity contribution in [1.82, 2.24) is 10.3 Å². The number of amides is 1. The Morgan fingerprint density at radius 1 is 1.27 bits per heavy atom. The van der Waals surface area contributed by atoms with Crippen LogP contribution in [0.2, 0.25) is 0 Å². The number of hydrogen-bond acceptors (Lipinski definition) is 4. The van der Waals surface area contributed by atoms with Crippen LogP contribution in [0.3, 0.4) is 0 Å². The van der Waals surface area contributed by atoms with E-state index in [1.54, 1.807) is 6.07 Å². The lowest BCUT2D eigenvalue weighted by atomic mass is 10.1. The van der Waals surface area contributed by atoms with E-state index in [1.807, 2.05) is 31.2 Å². The molecule has 0 unspecified atom stereocenters. The van der Waals surface area contributed by atoms with Crippen LogP contribution in [0.15, 0.2) is 35.4 Å². The quantitative estimate of drug-likeness (QED) is 0.798. The van der Waals surface area contributed by atoms with Gasteiger partial charge in [0, 0.05) is 12.2 Å². The van der Waals surface area contributed by atoms with Crippen LogP contribution in [0.1, 0.15) is 27.9 Å². The number of pyridine rings is 1. The number of alkyl halides is 3. The maximum Gasteiger partial charge on any atom is 0.417 e. The predicted molar refractivity (Wildman–Crippen MR) is 92.4 cm³/mol. The predicted octanol–water partition coefficient (Wildman–Crippen LogP) is 4.00. The molecular formula is C18H16F3N3OS. The molecule has 26 heavy (non-hydrogen) atoms. The maximum absolute atomic E-state index is 13.1. The highest BCUT2D eigenvalue weighted by Crippen LogP contribution is 2.35. The number of nitrogens with one attached hydrogen (secondary N) is 1. The number of halogens is 3. The summed E-state index contributed by atoms with van der Waals surface area (Å²) < 4.78 is 39.2. The summed E-state index contributed by atoms with van der Waals surface area (Å²) in [6.45, 7) is 3.69. The maximum atomic E-state index is 13.1. The van der Waals surface area contributed by atoms with E-state index in [-0.39, 0.29) is 22.4 Å². The number of rotatable bonds is 5. The minimum Gasteiger partial charge on any atom is -0.351 e. The molecule has 0 aliphatic rings. The molecule has 0 saturated heterocycles. The molecule has 0 atom stereocenters. The van der Waals surface area contributed by atoms with Crippen molar-refractivity contribution in [2.24, 2.45) is 0 Å². The van der Waals surface area contributed by atoms with Gasteiger partial charge in [-0.2, -0.15) is 18.4 Å². The molecule has 0 fully saturated rings. The molecular weight excluding hydrogens is 363 g/mol. The van der Waals surface area contributed by atoms with Gasteiger partial charge in [-0.05, 0) is 25.5 Å². The Morgan fingerprint density at radius 3 is 2.50 bits per heavy atom. The van der Waals surface area contributed by atoms with Gasteiger partial charge in [0.25, 0.3) is 0 Å². The second kappa shape index (κ2) is 8.23. The number of thioether (sulfide) groups is 1. The highest BCUT2D eigenvalue weighted by atomic mass is 32.2. The average molecular weight is 379 g/mol. The Labute approximate surface area is 153 Å². The summed E-state index contributed by atoms with van der Waals surface area (Å²) in [7, 11) is 0. The third-order valence-corrected chi connectivity index (χ3v) is 4.46. The van der Waals surface area contributed by atoms with E-state index < -0.39 is 17.3 Å². The standard InChI is InChI=1S/C18H16F3N3OS/c1-11-3-5-13(6-4-11)9-23-16(25)10-26-17-14(8-22)15(18(19,20)21)7-12(2)24-17/h3-7H,9-10H2,1-2H3,(H,23,25). The minimum absolute atomic E-state index is 0.0923. The monoisotopic (exact) mass is 379 g/mol. The van der Waals surface area contributed by atoms with Crippen LogP contribution < -0.4 is 5.32 Å². The lowest BCUT2D eigenvalue weighted by Gasteiger charge is -2.12. The first kappa shape index (κ1) is 19.8. The van der Waals surface area contributed by atoms with Crippen LogP contribution in [-0.2, 0) is 17.5 Å². The van der Waals surface area contributed by atoms with Gasteiger partial charge < -0.3 is 5.32 Å². The van der Waals surface area contributed by atoms with E-state index >= 15 is 0 Å². The van der Waals surface area contributed by atoms with Crippen molar-refractivity contribution >= 4 is 17.7 Å². The van der Waals surface area contributed by atoms with E-state index in [2.05, 4.69) is 10.3 Å². The first-order valence-electron chi connectivity index (χ1n) is 7.64. The van der Waals surface area contributed by atoms with E-state index in [1.165, 1.54) is 6.92 Å². The van der Waals surface area contributed by atoms with Crippen molar-refractivity contribution in [3.8, 4) is 6.07 Å². The minimum atomic E-state index is -4.65. The number of hydrogen-bond donors (Lipinski definition) is 1. The second-order valence-electron chi connectivity index (χ2n) is 5.65. The van der Waals surface area contributed by atoms with Crippen molar-refractivity contribution < 1.29 is 18.0 Å². The summed E-state index contributed by atoms with van der Waals surface area (Å²) in [5.41, 5.74) is 0.568. The van der Waals surface area contributed by atoms with Gasteiger partial charge >= 0.3 is 6.18 Å². The highest BCUT2D eigenvalue weighted by Gasteiger charge is 2.35. The summed E-state index contributed by atoms with van der Waals surface area (Å²) in [5.74, 6) is -0.481. The van der Waals surface area contributed by atoms with Crippen LogP contribution >= 0.6 is 11.8 Å². The summed E-state index contributed by atoms with van der Waals surface area (Å²) >= 11 is 0.816. The molecule has 136 valence electrons. The molecule has 4 nitrogen and oxygen atoms in total. The van der Waals surface area contributed by atoms with Crippen molar-refractivity contribution in [1.29, 1.82) is 5.26 Å². The fourth-order valence-corrected chi connectivity index (χ4v) is 3.05. The van der Waals surface area contributed by atoms with Crippen LogP contribution in [0.5, 0.6) is 0 Å². The molecule has 1 aromatic heterocycles. The molecule has 0 aliphatic carbocycles. The van der Waals surface area contributed by atoms with Crippen LogP contribution in [0.4, 0.5) is 13.2 Å². The van der Waals surface area contributed by atoms with Gasteiger partial charge in [0.15, 0.2) is 0 Å². The SMILES string of the molecule is Cc1ccc(CNC(=O)CSc2nc(C)cc(C(F)(F)F)c2C#N)cc1. The number of aryl methyl sites for hydroxylation is 2. The molecule has 8 heteroatoms.